The first-order valence-electron chi connectivity index (χ1n) is 5.80. The summed E-state index contributed by atoms with van der Waals surface area (Å²) in [6.07, 6.45) is 2.12. The van der Waals surface area contributed by atoms with Gasteiger partial charge in [-0.05, 0) is 19.8 Å². The molecule has 0 bridgehead atoms. The molecule has 1 fully saturated rings. The maximum Gasteiger partial charge on any atom is 0.347 e. The summed E-state index contributed by atoms with van der Waals surface area (Å²) < 4.78 is 0. The van der Waals surface area contributed by atoms with E-state index >= 15 is 0 Å². The fourth-order valence-electron chi connectivity index (χ4n) is 1.90. The maximum atomic E-state index is 11.8. The molecule has 1 aromatic rings. The summed E-state index contributed by atoms with van der Waals surface area (Å²) in [5.41, 5.74) is 0.476. The highest BCUT2D eigenvalue weighted by molar-refractivity contribution is 7.17. The highest BCUT2D eigenvalue weighted by Gasteiger charge is 2.19. The summed E-state index contributed by atoms with van der Waals surface area (Å²) in [6, 6.07) is 0. The van der Waals surface area contributed by atoms with E-state index in [1.54, 1.807) is 6.92 Å². The van der Waals surface area contributed by atoms with Gasteiger partial charge in [0.25, 0.3) is 0 Å². The molecule has 0 saturated carbocycles. The Balaban J connectivity index is 1.91. The Morgan fingerprint density at radius 2 is 2.11 bits per heavy atom. The van der Waals surface area contributed by atoms with Crippen molar-refractivity contribution in [2.24, 2.45) is 0 Å². The van der Waals surface area contributed by atoms with Crippen LogP contribution in [0.1, 0.15) is 28.2 Å². The third-order valence-electron chi connectivity index (χ3n) is 2.84. The molecule has 2 rings (SSSR count). The molecule has 1 aromatic heterocycles. The normalized spacial score (nSPS) is 14.8. The van der Waals surface area contributed by atoms with Crippen LogP contribution in [0.5, 0.6) is 0 Å². The van der Waals surface area contributed by atoms with E-state index in [1.165, 1.54) is 0 Å². The van der Waals surface area contributed by atoms with E-state index < -0.39 is 5.97 Å². The average Bonchev–Trinajstić information content (AvgIpc) is 2.94. The predicted molar refractivity (Wildman–Crippen MR) is 68.1 cm³/mol. The van der Waals surface area contributed by atoms with Crippen molar-refractivity contribution in [3.8, 4) is 0 Å². The van der Waals surface area contributed by atoms with Crippen LogP contribution in [-0.2, 0) is 4.79 Å². The van der Waals surface area contributed by atoms with Crippen molar-refractivity contribution in [2.45, 2.75) is 19.8 Å². The molecule has 18 heavy (non-hydrogen) atoms. The number of likely N-dealkylation sites (tertiary alicyclic amines) is 1. The molecule has 0 radical (unpaired) electrons. The Hall–Kier alpha value is -1.63. The van der Waals surface area contributed by atoms with Crippen molar-refractivity contribution in [3.05, 3.63) is 10.6 Å². The molecule has 6 nitrogen and oxygen atoms in total. The maximum absolute atomic E-state index is 11.8. The molecule has 0 spiro atoms. The number of amides is 1. The zero-order chi connectivity index (χ0) is 13.1. The smallest absolute Gasteiger partial charge is 0.347 e. The number of aromatic nitrogens is 1. The van der Waals surface area contributed by atoms with Gasteiger partial charge in [0.15, 0.2) is 5.13 Å². The number of carboxylic acid groups (broad SMARTS) is 1. The number of anilines is 1. The lowest BCUT2D eigenvalue weighted by Gasteiger charge is -2.14. The third-order valence-corrected chi connectivity index (χ3v) is 3.94. The molecule has 0 atom stereocenters. The van der Waals surface area contributed by atoms with E-state index in [9.17, 15) is 9.59 Å². The Morgan fingerprint density at radius 1 is 1.44 bits per heavy atom. The quantitative estimate of drug-likeness (QED) is 0.857. The Labute approximate surface area is 109 Å². The van der Waals surface area contributed by atoms with Crippen LogP contribution in [0, 0.1) is 6.92 Å². The molecular formula is C11H15N3O3S. The summed E-state index contributed by atoms with van der Waals surface area (Å²) in [6.45, 7) is 3.45. The van der Waals surface area contributed by atoms with Crippen LogP contribution >= 0.6 is 11.3 Å². The standard InChI is InChI=1S/C11H15N3O3S/c1-7-9(10(16)17)18-11(13-7)12-6-8(15)14-4-2-3-5-14/h2-6H2,1H3,(H,12,13)(H,16,17). The van der Waals surface area contributed by atoms with Crippen molar-refractivity contribution in [1.29, 1.82) is 0 Å². The molecule has 1 aliphatic heterocycles. The summed E-state index contributed by atoms with van der Waals surface area (Å²) in [5, 5.41) is 12.3. The van der Waals surface area contributed by atoms with Crippen molar-refractivity contribution >= 4 is 28.3 Å². The minimum atomic E-state index is -0.982. The SMILES string of the molecule is Cc1nc(NCC(=O)N2CCCC2)sc1C(=O)O. The van der Waals surface area contributed by atoms with Gasteiger partial charge in [-0.25, -0.2) is 9.78 Å². The van der Waals surface area contributed by atoms with E-state index in [4.69, 9.17) is 5.11 Å². The second-order valence-corrected chi connectivity index (χ2v) is 5.18. The number of carbonyl (C=O) groups excluding carboxylic acids is 1. The molecule has 1 saturated heterocycles. The number of hydrogen-bond acceptors (Lipinski definition) is 5. The molecule has 0 aromatic carbocycles. The zero-order valence-electron chi connectivity index (χ0n) is 10.1. The number of aromatic carboxylic acids is 1. The predicted octanol–water partition coefficient (Wildman–Crippen LogP) is 1.18. The minimum Gasteiger partial charge on any atom is -0.477 e. The van der Waals surface area contributed by atoms with Gasteiger partial charge >= 0.3 is 5.97 Å². The fourth-order valence-corrected chi connectivity index (χ4v) is 2.70. The number of carbonyl (C=O) groups is 2. The van der Waals surface area contributed by atoms with Crippen molar-refractivity contribution < 1.29 is 14.7 Å². The minimum absolute atomic E-state index is 0.0391. The van der Waals surface area contributed by atoms with Gasteiger partial charge in [0.05, 0.1) is 12.2 Å². The van der Waals surface area contributed by atoms with E-state index in [0.717, 1.165) is 37.3 Å². The second kappa shape index (κ2) is 5.34. The van der Waals surface area contributed by atoms with E-state index in [-0.39, 0.29) is 17.3 Å². The van der Waals surface area contributed by atoms with Gasteiger partial charge < -0.3 is 15.3 Å². The molecule has 0 unspecified atom stereocenters. The number of carboxylic acids is 1. The lowest BCUT2D eigenvalue weighted by molar-refractivity contribution is -0.128. The van der Waals surface area contributed by atoms with Gasteiger partial charge in [0, 0.05) is 13.1 Å². The van der Waals surface area contributed by atoms with E-state index in [0.29, 0.717) is 10.8 Å². The van der Waals surface area contributed by atoms with Crippen molar-refractivity contribution in [1.82, 2.24) is 9.88 Å². The van der Waals surface area contributed by atoms with Crippen molar-refractivity contribution in [2.75, 3.05) is 25.0 Å². The molecule has 1 aliphatic rings. The van der Waals surface area contributed by atoms with Gasteiger partial charge in [-0.2, -0.15) is 0 Å². The van der Waals surface area contributed by atoms with Crippen LogP contribution in [0.3, 0.4) is 0 Å². The first kappa shape index (κ1) is 12.8. The van der Waals surface area contributed by atoms with Gasteiger partial charge in [-0.1, -0.05) is 11.3 Å². The Morgan fingerprint density at radius 3 is 2.67 bits per heavy atom. The first-order chi connectivity index (χ1) is 8.58. The summed E-state index contributed by atoms with van der Waals surface area (Å²) in [4.78, 5) is 28.7. The summed E-state index contributed by atoms with van der Waals surface area (Å²) >= 11 is 1.06. The summed E-state index contributed by atoms with van der Waals surface area (Å²) in [7, 11) is 0. The number of hydrogen-bond donors (Lipinski definition) is 2. The number of nitrogens with one attached hydrogen (secondary N) is 1. The number of rotatable bonds is 4. The second-order valence-electron chi connectivity index (χ2n) is 4.18. The van der Waals surface area contributed by atoms with Gasteiger partial charge in [-0.15, -0.1) is 0 Å². The highest BCUT2D eigenvalue weighted by atomic mass is 32.1. The largest absolute Gasteiger partial charge is 0.477 e. The Kier molecular flexibility index (Phi) is 3.81. The molecule has 2 N–H and O–H groups in total. The van der Waals surface area contributed by atoms with Crippen LogP contribution in [0.25, 0.3) is 0 Å². The Bertz CT molecular complexity index is 466. The van der Waals surface area contributed by atoms with Gasteiger partial charge in [-0.3, -0.25) is 4.79 Å². The third kappa shape index (κ3) is 2.79. The molecule has 1 amide bonds. The van der Waals surface area contributed by atoms with Gasteiger partial charge in [0.2, 0.25) is 5.91 Å². The molecule has 2 heterocycles. The van der Waals surface area contributed by atoms with Crippen LogP contribution in [0.4, 0.5) is 5.13 Å². The molecular weight excluding hydrogens is 254 g/mol. The van der Waals surface area contributed by atoms with Crippen molar-refractivity contribution in [3.63, 3.8) is 0 Å². The first-order valence-corrected chi connectivity index (χ1v) is 6.62. The fraction of sp³-hybridized carbons (Fsp3) is 0.545. The number of thiazole rings is 1. The average molecular weight is 269 g/mol. The van der Waals surface area contributed by atoms with Crippen LogP contribution in [0.15, 0.2) is 0 Å². The molecule has 98 valence electrons. The highest BCUT2D eigenvalue weighted by Crippen LogP contribution is 2.22. The molecule has 0 aliphatic carbocycles. The lowest BCUT2D eigenvalue weighted by Crippen LogP contribution is -2.32. The number of aryl methyl sites for hydroxylation is 1. The summed E-state index contributed by atoms with van der Waals surface area (Å²) in [5.74, 6) is -0.943. The monoisotopic (exact) mass is 269 g/mol. The lowest BCUT2D eigenvalue weighted by atomic mass is 10.4. The van der Waals surface area contributed by atoms with E-state index in [1.807, 2.05) is 4.90 Å². The van der Waals surface area contributed by atoms with Gasteiger partial charge in [0.1, 0.15) is 4.88 Å². The van der Waals surface area contributed by atoms with Crippen LogP contribution in [0.2, 0.25) is 0 Å². The molecule has 7 heteroatoms. The number of nitrogens with zero attached hydrogens (tertiary/aromatic N) is 2. The van der Waals surface area contributed by atoms with E-state index in [2.05, 4.69) is 10.3 Å². The zero-order valence-corrected chi connectivity index (χ0v) is 10.9. The van der Waals surface area contributed by atoms with Crippen LogP contribution in [-0.4, -0.2) is 46.5 Å². The van der Waals surface area contributed by atoms with Crippen LogP contribution < -0.4 is 5.32 Å². The topological polar surface area (TPSA) is 82.5 Å².